The van der Waals surface area contributed by atoms with Gasteiger partial charge in [-0.25, -0.2) is 9.67 Å². The molecule has 1 N–H and O–H groups in total. The van der Waals surface area contributed by atoms with Crippen LogP contribution in [0, 0.1) is 11.8 Å². The molecule has 1 saturated heterocycles. The van der Waals surface area contributed by atoms with Gasteiger partial charge in [-0.15, -0.1) is 0 Å². The fourth-order valence-corrected chi connectivity index (χ4v) is 9.88. The summed E-state index contributed by atoms with van der Waals surface area (Å²) in [7, 11) is -1.22. The van der Waals surface area contributed by atoms with Crippen LogP contribution in [0.25, 0.3) is 16.9 Å². The number of morpholine rings is 1. The number of anilines is 1. The molecule has 3 atom stereocenters. The molecular formula is C44H59N7O4Si. The van der Waals surface area contributed by atoms with Crippen molar-refractivity contribution in [2.75, 3.05) is 44.4 Å². The molecule has 3 aliphatic rings. The van der Waals surface area contributed by atoms with Gasteiger partial charge in [0.1, 0.15) is 12.5 Å². The lowest BCUT2D eigenvalue weighted by molar-refractivity contribution is -0.103. The summed E-state index contributed by atoms with van der Waals surface area (Å²) in [6.45, 7) is 15.6. The average molecular weight is 778 g/mol. The second-order valence-corrected chi connectivity index (χ2v) is 23.2. The summed E-state index contributed by atoms with van der Waals surface area (Å²) in [6.07, 6.45) is 7.23. The van der Waals surface area contributed by atoms with Crippen molar-refractivity contribution in [2.45, 2.75) is 95.9 Å². The second-order valence-electron chi connectivity index (χ2n) is 17.5. The minimum atomic E-state index is -1.22. The molecule has 0 amide bonds. The fraction of sp³-hybridized carbons (Fsp3) is 0.523. The van der Waals surface area contributed by atoms with Gasteiger partial charge >= 0.3 is 0 Å². The van der Waals surface area contributed by atoms with Crippen LogP contribution in [0.2, 0.25) is 25.7 Å². The molecule has 12 heteroatoms. The molecule has 56 heavy (non-hydrogen) atoms. The standard InChI is InChI=1S/C44H59N7O4Si/c1-33-31-53-21-20-49(33)40-25-39(38-28-46-51(43(38)47-40)41-17-18-45-50(41)32-54-23-24-56(2,3)4)44(52)26-36-15-16-37(27-44)42(36)55-22-19-48(29-34-11-7-5-8-12-34)30-35-13-9-6-10-14-35/h5-14,17-18,25,28,33,36-37,42,52H,15-16,19-24,26-27,29-32H2,1-4H3/t33-,36?,37?,42?,44?/m1/s1. The minimum Gasteiger partial charge on any atom is -0.385 e. The van der Waals surface area contributed by atoms with Crippen LogP contribution < -0.4 is 4.90 Å². The first kappa shape index (κ1) is 38.9. The number of hydrogen-bond acceptors (Lipinski definition) is 9. The van der Waals surface area contributed by atoms with Crippen LogP contribution in [-0.4, -0.2) is 94.3 Å². The quantitative estimate of drug-likeness (QED) is 0.0821. The number of aromatic nitrogens is 5. The topological polar surface area (TPSA) is 103 Å². The Morgan fingerprint density at radius 1 is 0.929 bits per heavy atom. The summed E-state index contributed by atoms with van der Waals surface area (Å²) in [6, 6.07) is 26.7. The first-order valence-corrected chi connectivity index (χ1v) is 24.3. The number of aliphatic hydroxyl groups is 1. The largest absolute Gasteiger partial charge is 0.385 e. The third-order valence-electron chi connectivity index (χ3n) is 12.1. The predicted molar refractivity (Wildman–Crippen MR) is 222 cm³/mol. The molecule has 298 valence electrons. The molecule has 2 saturated carbocycles. The lowest BCUT2D eigenvalue weighted by Crippen LogP contribution is -2.45. The number of ether oxygens (including phenoxy) is 3. The van der Waals surface area contributed by atoms with Gasteiger partial charge in [0.05, 0.1) is 50.0 Å². The summed E-state index contributed by atoms with van der Waals surface area (Å²) in [5.74, 6) is 2.18. The summed E-state index contributed by atoms with van der Waals surface area (Å²) in [4.78, 5) is 10.1. The Labute approximate surface area is 332 Å². The zero-order chi connectivity index (χ0) is 38.7. The van der Waals surface area contributed by atoms with Crippen molar-refractivity contribution in [3.8, 4) is 5.82 Å². The van der Waals surface area contributed by atoms with Crippen molar-refractivity contribution in [2.24, 2.45) is 11.8 Å². The number of hydrogen-bond donors (Lipinski definition) is 1. The molecule has 3 fully saturated rings. The van der Waals surface area contributed by atoms with Crippen LogP contribution in [0.5, 0.6) is 0 Å². The van der Waals surface area contributed by atoms with Gasteiger partial charge in [0.15, 0.2) is 11.5 Å². The monoisotopic (exact) mass is 777 g/mol. The number of nitrogens with zero attached hydrogens (tertiary/aromatic N) is 7. The van der Waals surface area contributed by atoms with E-state index in [1.54, 1.807) is 6.20 Å². The maximum absolute atomic E-state index is 12.9. The Kier molecular flexibility index (Phi) is 11.7. The Hall–Kier alpha value is -3.91. The maximum atomic E-state index is 12.9. The molecule has 2 unspecified atom stereocenters. The zero-order valence-electron chi connectivity index (χ0n) is 33.6. The van der Waals surface area contributed by atoms with Gasteiger partial charge in [-0.3, -0.25) is 4.90 Å². The lowest BCUT2D eigenvalue weighted by Gasteiger charge is -2.42. The molecule has 1 aliphatic heterocycles. The molecule has 5 aromatic rings. The van der Waals surface area contributed by atoms with Gasteiger partial charge < -0.3 is 24.2 Å². The average Bonchev–Trinajstić information content (AvgIpc) is 3.89. The van der Waals surface area contributed by atoms with E-state index < -0.39 is 13.7 Å². The first-order valence-electron chi connectivity index (χ1n) is 20.6. The molecule has 4 heterocycles. The number of fused-ring (bicyclic) bond motifs is 3. The third-order valence-corrected chi connectivity index (χ3v) is 13.8. The molecule has 0 radical (unpaired) electrons. The van der Waals surface area contributed by atoms with Crippen LogP contribution in [0.1, 0.15) is 49.3 Å². The minimum absolute atomic E-state index is 0.139. The molecule has 2 bridgehead atoms. The van der Waals surface area contributed by atoms with Crippen molar-refractivity contribution in [3.63, 3.8) is 0 Å². The highest BCUT2D eigenvalue weighted by molar-refractivity contribution is 6.76. The summed E-state index contributed by atoms with van der Waals surface area (Å²) in [5, 5.41) is 23.2. The number of benzene rings is 2. The van der Waals surface area contributed by atoms with E-state index in [1.807, 2.05) is 21.6 Å². The maximum Gasteiger partial charge on any atom is 0.167 e. The van der Waals surface area contributed by atoms with Crippen molar-refractivity contribution in [3.05, 3.63) is 102 Å². The SMILES string of the molecule is C[C@@H]1COCCN1c1cc(C2(O)CC3CCC(C2)C3OCCN(Cc2ccccc2)Cc2ccccc2)c2cnn(-c3ccnn3COCC[Si](C)(C)C)c2n1. The van der Waals surface area contributed by atoms with E-state index >= 15 is 0 Å². The highest BCUT2D eigenvalue weighted by atomic mass is 28.3. The van der Waals surface area contributed by atoms with Crippen LogP contribution in [-0.2, 0) is 39.6 Å². The molecule has 0 spiro atoms. The van der Waals surface area contributed by atoms with Crippen LogP contribution in [0.4, 0.5) is 5.82 Å². The Morgan fingerprint density at radius 3 is 2.29 bits per heavy atom. The molecule has 3 aromatic heterocycles. The van der Waals surface area contributed by atoms with E-state index in [1.165, 1.54) is 11.1 Å². The van der Waals surface area contributed by atoms with Crippen LogP contribution >= 0.6 is 0 Å². The molecule has 8 rings (SSSR count). The Bertz CT molecular complexity index is 1980. The van der Waals surface area contributed by atoms with Crippen LogP contribution in [0.3, 0.4) is 0 Å². The summed E-state index contributed by atoms with van der Waals surface area (Å²) < 4.78 is 22.5. The van der Waals surface area contributed by atoms with Gasteiger partial charge in [0.25, 0.3) is 0 Å². The van der Waals surface area contributed by atoms with E-state index in [9.17, 15) is 5.11 Å². The summed E-state index contributed by atoms with van der Waals surface area (Å²) in [5.41, 5.74) is 3.21. The molecule has 2 aliphatic carbocycles. The predicted octanol–water partition coefficient (Wildman–Crippen LogP) is 7.25. The Balaban J connectivity index is 1.02. The van der Waals surface area contributed by atoms with Gasteiger partial charge in [-0.05, 0) is 73.2 Å². The van der Waals surface area contributed by atoms with Crippen molar-refractivity contribution < 1.29 is 19.3 Å². The van der Waals surface area contributed by atoms with Gasteiger partial charge in [0.2, 0.25) is 0 Å². The highest BCUT2D eigenvalue weighted by Crippen LogP contribution is 2.53. The fourth-order valence-electron chi connectivity index (χ4n) is 9.12. The van der Waals surface area contributed by atoms with Gasteiger partial charge in [0, 0.05) is 52.3 Å². The third kappa shape index (κ3) is 8.80. The molecule has 2 aromatic carbocycles. The molecule has 11 nitrogen and oxygen atoms in total. The van der Waals surface area contributed by atoms with Gasteiger partial charge in [-0.1, -0.05) is 80.3 Å². The second kappa shape index (κ2) is 16.9. The first-order chi connectivity index (χ1) is 27.1. The van der Waals surface area contributed by atoms with Crippen LogP contribution in [0.15, 0.2) is 85.2 Å². The van der Waals surface area contributed by atoms with E-state index in [0.29, 0.717) is 46.0 Å². The number of rotatable bonds is 16. The van der Waals surface area contributed by atoms with E-state index in [4.69, 9.17) is 24.3 Å². The van der Waals surface area contributed by atoms with Crippen molar-refractivity contribution >= 4 is 24.9 Å². The van der Waals surface area contributed by atoms with Crippen molar-refractivity contribution in [1.82, 2.24) is 29.4 Å². The van der Waals surface area contributed by atoms with Gasteiger partial charge in [-0.2, -0.15) is 14.9 Å². The molecular weight excluding hydrogens is 719 g/mol. The van der Waals surface area contributed by atoms with E-state index in [2.05, 4.69) is 108 Å². The Morgan fingerprint density at radius 2 is 1.62 bits per heavy atom. The van der Waals surface area contributed by atoms with E-state index in [0.717, 1.165) is 73.3 Å². The number of pyridine rings is 1. The highest BCUT2D eigenvalue weighted by Gasteiger charge is 2.51. The zero-order valence-corrected chi connectivity index (χ0v) is 34.6. The smallest absolute Gasteiger partial charge is 0.167 e. The lowest BCUT2D eigenvalue weighted by atomic mass is 9.72. The summed E-state index contributed by atoms with van der Waals surface area (Å²) >= 11 is 0. The van der Waals surface area contributed by atoms with E-state index in [-0.39, 0.29) is 24.0 Å². The van der Waals surface area contributed by atoms with Crippen molar-refractivity contribution in [1.29, 1.82) is 0 Å². The normalized spacial score (nSPS) is 24.1.